The highest BCUT2D eigenvalue weighted by molar-refractivity contribution is 8.33. The Balaban J connectivity index is 2.56. The van der Waals surface area contributed by atoms with Crippen LogP contribution in [0.1, 0.15) is 5.69 Å². The van der Waals surface area contributed by atoms with E-state index < -0.39 is 22.1 Å². The second kappa shape index (κ2) is 3.39. The molecule has 2 heterocycles. The van der Waals surface area contributed by atoms with E-state index in [4.69, 9.17) is 10.8 Å². The minimum atomic E-state index is -1.58. The Morgan fingerprint density at radius 3 is 2.80 bits per heavy atom. The maximum Gasteiger partial charge on any atom is 0.341 e. The van der Waals surface area contributed by atoms with Crippen molar-refractivity contribution in [3.8, 4) is 0 Å². The van der Waals surface area contributed by atoms with Gasteiger partial charge in [-0.1, -0.05) is 0 Å². The minimum Gasteiger partial charge on any atom is -0.477 e. The summed E-state index contributed by atoms with van der Waals surface area (Å²) in [7, 11) is -1.58. The van der Waals surface area contributed by atoms with Gasteiger partial charge in [0, 0.05) is 11.1 Å². The van der Waals surface area contributed by atoms with Gasteiger partial charge < -0.3 is 10.8 Å². The molecule has 2 rings (SSSR count). The van der Waals surface area contributed by atoms with Gasteiger partial charge in [0.25, 0.3) is 5.24 Å². The van der Waals surface area contributed by atoms with Crippen LogP contribution >= 0.6 is 10.9 Å². The molecule has 0 saturated heterocycles. The first kappa shape index (κ1) is 9.72. The number of carboxylic acids is 1. The first-order valence-electron chi connectivity index (χ1n) is 4.11. The molecule has 3 N–H and O–H groups in total. The van der Waals surface area contributed by atoms with E-state index >= 15 is 0 Å². The van der Waals surface area contributed by atoms with E-state index in [1.807, 2.05) is 0 Å². The third kappa shape index (κ3) is 1.48. The lowest BCUT2D eigenvalue weighted by atomic mass is 10.3. The van der Waals surface area contributed by atoms with Crippen LogP contribution in [0.25, 0.3) is 6.08 Å². The highest BCUT2D eigenvalue weighted by Gasteiger charge is 2.30. The van der Waals surface area contributed by atoms with Crippen LogP contribution in [0.5, 0.6) is 0 Å². The summed E-state index contributed by atoms with van der Waals surface area (Å²) in [5.74, 6) is -1.11. The van der Waals surface area contributed by atoms with Gasteiger partial charge in [-0.2, -0.15) is 0 Å². The van der Waals surface area contributed by atoms with Crippen LogP contribution in [0.3, 0.4) is 0 Å². The molecule has 0 spiro atoms. The van der Waals surface area contributed by atoms with Crippen molar-refractivity contribution in [3.63, 3.8) is 0 Å². The Bertz CT molecular complexity index is 484. The van der Waals surface area contributed by atoms with Crippen molar-refractivity contribution in [2.24, 2.45) is 5.73 Å². The lowest BCUT2D eigenvalue weighted by Crippen LogP contribution is -2.12. The van der Waals surface area contributed by atoms with Crippen molar-refractivity contribution >= 4 is 28.2 Å². The number of amides is 1. The number of nitrogens with two attached hydrogens (primary N) is 1. The summed E-state index contributed by atoms with van der Waals surface area (Å²) in [6.07, 6.45) is 2.96. The average Bonchev–Trinajstić information content (AvgIpc) is 2.56. The van der Waals surface area contributed by atoms with E-state index in [0.717, 1.165) is 0 Å². The summed E-state index contributed by atoms with van der Waals surface area (Å²) in [6, 6.07) is 3.35. The molecule has 0 saturated carbocycles. The summed E-state index contributed by atoms with van der Waals surface area (Å²) in [4.78, 5) is 26.8. The third-order valence-corrected chi connectivity index (χ3v) is 4.11. The largest absolute Gasteiger partial charge is 0.477 e. The lowest BCUT2D eigenvalue weighted by Gasteiger charge is -2.13. The summed E-state index contributed by atoms with van der Waals surface area (Å²) >= 11 is 0. The first-order chi connectivity index (χ1) is 7.11. The van der Waals surface area contributed by atoms with Crippen molar-refractivity contribution in [1.82, 2.24) is 4.98 Å². The van der Waals surface area contributed by atoms with E-state index in [-0.39, 0.29) is 4.91 Å². The minimum absolute atomic E-state index is 0.0474. The highest BCUT2D eigenvalue weighted by atomic mass is 32.2. The number of fused-ring (bicyclic) bond motifs is 1. The smallest absolute Gasteiger partial charge is 0.341 e. The molecule has 0 radical (unpaired) electrons. The summed E-state index contributed by atoms with van der Waals surface area (Å²) in [5.41, 5.74) is 5.73. The molecule has 6 heteroatoms. The number of carbonyl (C=O) groups excluding carboxylic acids is 1. The zero-order valence-electron chi connectivity index (χ0n) is 7.54. The summed E-state index contributed by atoms with van der Waals surface area (Å²) in [6.45, 7) is 0. The highest BCUT2D eigenvalue weighted by Crippen LogP contribution is 2.50. The Kier molecular flexibility index (Phi) is 2.20. The third-order valence-electron chi connectivity index (χ3n) is 2.01. The van der Waals surface area contributed by atoms with Crippen molar-refractivity contribution in [2.75, 3.05) is 0 Å². The first-order valence-corrected chi connectivity index (χ1v) is 5.45. The van der Waals surface area contributed by atoms with Gasteiger partial charge in [-0.15, -0.1) is 10.9 Å². The number of aromatic nitrogens is 1. The molecule has 5 nitrogen and oxygen atoms in total. The van der Waals surface area contributed by atoms with Gasteiger partial charge in [0.15, 0.2) is 0 Å². The number of primary amides is 1. The van der Waals surface area contributed by atoms with Crippen molar-refractivity contribution < 1.29 is 14.7 Å². The Hall–Kier alpha value is -1.82. The number of nitrogens with zero attached hydrogens (tertiary/aromatic N) is 1. The molecule has 1 aromatic rings. The van der Waals surface area contributed by atoms with E-state index in [0.29, 0.717) is 10.6 Å². The van der Waals surface area contributed by atoms with Gasteiger partial charge in [-0.25, -0.2) is 4.79 Å². The van der Waals surface area contributed by atoms with E-state index in [9.17, 15) is 9.59 Å². The van der Waals surface area contributed by atoms with Crippen molar-refractivity contribution in [3.05, 3.63) is 28.9 Å². The number of carbonyl (C=O) groups is 2. The lowest BCUT2D eigenvalue weighted by molar-refractivity contribution is -0.131. The molecular weight excluding hydrogens is 216 g/mol. The SMILES string of the molecule is NC(=O)[SH]1C(C(=O)O)=Cc2ncccc21. The van der Waals surface area contributed by atoms with Gasteiger partial charge in [0.1, 0.15) is 0 Å². The molecule has 0 bridgehead atoms. The van der Waals surface area contributed by atoms with Gasteiger partial charge in [0.2, 0.25) is 0 Å². The van der Waals surface area contributed by atoms with Crippen LogP contribution in [-0.2, 0) is 4.79 Å². The number of hydrogen-bond acceptors (Lipinski definition) is 3. The molecule has 0 aromatic carbocycles. The molecule has 0 fully saturated rings. The number of pyridine rings is 1. The van der Waals surface area contributed by atoms with Crippen LogP contribution < -0.4 is 5.73 Å². The Morgan fingerprint density at radius 2 is 2.20 bits per heavy atom. The molecule has 1 amide bonds. The standard InChI is InChI=1S/C9H8N2O3S/c10-9(14)15-6-2-1-3-11-5(6)4-7(15)8(12)13/h1-4,15H,(H2,10,14)(H,12,13). The topological polar surface area (TPSA) is 93.3 Å². The van der Waals surface area contributed by atoms with Gasteiger partial charge in [-0.3, -0.25) is 9.78 Å². The zero-order valence-corrected chi connectivity index (χ0v) is 8.44. The Morgan fingerprint density at radius 1 is 1.47 bits per heavy atom. The molecule has 1 aliphatic rings. The van der Waals surface area contributed by atoms with E-state index in [1.54, 1.807) is 18.3 Å². The molecule has 1 aliphatic heterocycles. The maximum atomic E-state index is 11.2. The maximum absolute atomic E-state index is 11.2. The van der Waals surface area contributed by atoms with Crippen molar-refractivity contribution in [1.29, 1.82) is 0 Å². The second-order valence-corrected chi connectivity index (χ2v) is 4.99. The van der Waals surface area contributed by atoms with Crippen LogP contribution in [0.4, 0.5) is 4.79 Å². The van der Waals surface area contributed by atoms with Crippen molar-refractivity contribution in [2.45, 2.75) is 4.90 Å². The quantitative estimate of drug-likeness (QED) is 0.619. The molecule has 1 unspecified atom stereocenters. The number of aliphatic carboxylic acids is 1. The van der Waals surface area contributed by atoms with E-state index in [1.165, 1.54) is 6.08 Å². The fourth-order valence-electron chi connectivity index (χ4n) is 1.43. The molecule has 1 atom stereocenters. The van der Waals surface area contributed by atoms with Crippen LogP contribution in [0.15, 0.2) is 28.1 Å². The molecule has 78 valence electrons. The zero-order chi connectivity index (χ0) is 11.0. The number of thiol groups is 1. The monoisotopic (exact) mass is 224 g/mol. The normalized spacial score (nSPS) is 20.5. The molecule has 15 heavy (non-hydrogen) atoms. The number of carboxylic acid groups (broad SMARTS) is 1. The molecule has 0 aliphatic carbocycles. The fourth-order valence-corrected chi connectivity index (χ4v) is 3.19. The van der Waals surface area contributed by atoms with Gasteiger partial charge in [0.05, 0.1) is 10.6 Å². The average molecular weight is 224 g/mol. The predicted octanol–water partition coefficient (Wildman–Crippen LogP) is 0.960. The van der Waals surface area contributed by atoms with E-state index in [2.05, 4.69) is 4.98 Å². The number of hydrogen-bond donors (Lipinski definition) is 3. The molecular formula is C9H8N2O3S. The second-order valence-electron chi connectivity index (χ2n) is 2.92. The van der Waals surface area contributed by atoms with Gasteiger partial charge >= 0.3 is 5.97 Å². The predicted molar refractivity (Wildman–Crippen MR) is 56.7 cm³/mol. The number of rotatable bonds is 1. The fraction of sp³-hybridized carbons (Fsp3) is 0. The van der Waals surface area contributed by atoms with Gasteiger partial charge in [-0.05, 0) is 18.2 Å². The van der Waals surface area contributed by atoms with Crippen LogP contribution in [-0.4, -0.2) is 21.3 Å². The van der Waals surface area contributed by atoms with Crippen LogP contribution in [0, 0.1) is 0 Å². The summed E-state index contributed by atoms with van der Waals surface area (Å²) in [5, 5.41) is 8.31. The van der Waals surface area contributed by atoms with Crippen LogP contribution in [0.2, 0.25) is 0 Å². The Labute approximate surface area is 88.0 Å². The molecule has 1 aromatic heterocycles. The summed E-state index contributed by atoms with van der Waals surface area (Å²) < 4.78 is 0.